The van der Waals surface area contributed by atoms with Crippen molar-refractivity contribution in [1.82, 2.24) is 14.9 Å². The van der Waals surface area contributed by atoms with Crippen molar-refractivity contribution in [3.63, 3.8) is 0 Å². The van der Waals surface area contributed by atoms with Gasteiger partial charge in [0.15, 0.2) is 11.5 Å². The van der Waals surface area contributed by atoms with E-state index in [1.165, 1.54) is 6.07 Å². The lowest BCUT2D eigenvalue weighted by Crippen LogP contribution is -2.16. The first-order valence-electron chi connectivity index (χ1n) is 9.06. The molecule has 3 rings (SSSR count). The summed E-state index contributed by atoms with van der Waals surface area (Å²) < 4.78 is 27.1. The van der Waals surface area contributed by atoms with Gasteiger partial charge in [0.05, 0.1) is 18.5 Å². The Balaban J connectivity index is 0.00000300. The molecule has 0 radical (unpaired) electrons. The van der Waals surface area contributed by atoms with Crippen LogP contribution in [0.1, 0.15) is 17.5 Å². The van der Waals surface area contributed by atoms with Gasteiger partial charge in [-0.25, -0.2) is 9.37 Å². The average molecular weight is 440 g/mol. The molecule has 0 amide bonds. The topological polar surface area (TPSA) is 48.3 Å². The second-order valence-corrected chi connectivity index (χ2v) is 6.71. The maximum Gasteiger partial charge on any atom is 0.161 e. The summed E-state index contributed by atoms with van der Waals surface area (Å²) in [4.78, 5) is 4.03. The zero-order chi connectivity index (χ0) is 19.8. The van der Waals surface area contributed by atoms with E-state index in [4.69, 9.17) is 21.1 Å². The summed E-state index contributed by atoms with van der Waals surface area (Å²) in [6.07, 6.45) is 6.57. The average Bonchev–Trinajstić information content (AvgIpc) is 3.21. The Morgan fingerprint density at radius 1 is 1.21 bits per heavy atom. The largest absolute Gasteiger partial charge is 0.493 e. The van der Waals surface area contributed by atoms with E-state index in [0.29, 0.717) is 22.1 Å². The number of hydrogen-bond donors (Lipinski definition) is 1. The molecule has 5 nitrogen and oxygen atoms in total. The number of hydrogen-bond acceptors (Lipinski definition) is 4. The molecule has 0 saturated heterocycles. The van der Waals surface area contributed by atoms with E-state index in [1.807, 2.05) is 30.7 Å². The molecule has 8 heteroatoms. The fourth-order valence-electron chi connectivity index (χ4n) is 2.80. The summed E-state index contributed by atoms with van der Waals surface area (Å²) in [5.41, 5.74) is 1.41. The van der Waals surface area contributed by atoms with Gasteiger partial charge in [-0.05, 0) is 42.8 Å². The normalized spacial score (nSPS) is 10.4. The molecule has 0 spiro atoms. The maximum absolute atomic E-state index is 13.9. The van der Waals surface area contributed by atoms with E-state index >= 15 is 0 Å². The van der Waals surface area contributed by atoms with Crippen LogP contribution in [0.4, 0.5) is 4.39 Å². The van der Waals surface area contributed by atoms with Gasteiger partial charge in [-0.1, -0.05) is 23.7 Å². The number of aromatic nitrogens is 2. The van der Waals surface area contributed by atoms with Crippen LogP contribution in [-0.2, 0) is 19.7 Å². The van der Waals surface area contributed by atoms with Crippen LogP contribution in [0.5, 0.6) is 11.5 Å². The molecule has 3 aromatic rings. The first-order valence-corrected chi connectivity index (χ1v) is 9.44. The van der Waals surface area contributed by atoms with Crippen molar-refractivity contribution in [2.24, 2.45) is 0 Å². The minimum absolute atomic E-state index is 0. The molecule has 156 valence electrons. The lowest BCUT2D eigenvalue weighted by Gasteiger charge is -2.14. The Hall–Kier alpha value is -2.28. The van der Waals surface area contributed by atoms with E-state index < -0.39 is 0 Å². The van der Waals surface area contributed by atoms with Crippen LogP contribution in [-0.4, -0.2) is 23.2 Å². The number of aryl methyl sites for hydroxylation is 1. The van der Waals surface area contributed by atoms with Gasteiger partial charge in [0, 0.05) is 31.0 Å². The van der Waals surface area contributed by atoms with Gasteiger partial charge >= 0.3 is 0 Å². The highest BCUT2D eigenvalue weighted by Crippen LogP contribution is 2.30. The molecule has 2 aromatic carbocycles. The Labute approximate surface area is 181 Å². The fourth-order valence-corrected chi connectivity index (χ4v) is 3.02. The highest BCUT2D eigenvalue weighted by molar-refractivity contribution is 6.31. The van der Waals surface area contributed by atoms with Crippen LogP contribution in [0.3, 0.4) is 0 Å². The third kappa shape index (κ3) is 6.63. The predicted octanol–water partition coefficient (Wildman–Crippen LogP) is 4.86. The first-order chi connectivity index (χ1) is 13.7. The van der Waals surface area contributed by atoms with Crippen molar-refractivity contribution in [1.29, 1.82) is 0 Å². The number of rotatable bonds is 10. The van der Waals surface area contributed by atoms with E-state index in [0.717, 1.165) is 31.6 Å². The number of benzene rings is 2. The number of nitrogens with zero attached hydrogens (tertiary/aromatic N) is 2. The van der Waals surface area contributed by atoms with Gasteiger partial charge < -0.3 is 19.4 Å². The Morgan fingerprint density at radius 2 is 2.07 bits per heavy atom. The third-order valence-corrected chi connectivity index (χ3v) is 4.67. The number of methoxy groups -OCH3 is 1. The van der Waals surface area contributed by atoms with Gasteiger partial charge in [0.25, 0.3) is 0 Å². The van der Waals surface area contributed by atoms with Gasteiger partial charge in [0.1, 0.15) is 12.4 Å². The Bertz CT molecular complexity index is 871. The molecule has 0 aliphatic carbocycles. The molecule has 0 aliphatic rings. The summed E-state index contributed by atoms with van der Waals surface area (Å²) in [7, 11) is 1.58. The van der Waals surface area contributed by atoms with Crippen molar-refractivity contribution in [2.75, 3.05) is 13.7 Å². The molecule has 1 aromatic heterocycles. The summed E-state index contributed by atoms with van der Waals surface area (Å²) in [6.45, 7) is 2.58. The predicted molar refractivity (Wildman–Crippen MR) is 115 cm³/mol. The molecule has 29 heavy (non-hydrogen) atoms. The highest BCUT2D eigenvalue weighted by atomic mass is 35.5. The van der Waals surface area contributed by atoms with E-state index in [-0.39, 0.29) is 24.8 Å². The zero-order valence-electron chi connectivity index (χ0n) is 16.1. The number of imidazole rings is 1. The minimum Gasteiger partial charge on any atom is -0.493 e. The van der Waals surface area contributed by atoms with Crippen LogP contribution in [0.15, 0.2) is 55.1 Å². The first kappa shape index (κ1) is 23.0. The lowest BCUT2D eigenvalue weighted by molar-refractivity contribution is 0.279. The van der Waals surface area contributed by atoms with Gasteiger partial charge in [-0.15, -0.1) is 12.4 Å². The zero-order valence-corrected chi connectivity index (χ0v) is 17.7. The highest BCUT2D eigenvalue weighted by Gasteiger charge is 2.11. The monoisotopic (exact) mass is 439 g/mol. The minimum atomic E-state index is -0.386. The molecule has 1 heterocycles. The molecule has 0 fully saturated rings. The molecule has 0 atom stereocenters. The summed E-state index contributed by atoms with van der Waals surface area (Å²) >= 11 is 6.05. The van der Waals surface area contributed by atoms with E-state index in [2.05, 4.69) is 14.9 Å². The van der Waals surface area contributed by atoms with Crippen molar-refractivity contribution >= 4 is 24.0 Å². The van der Waals surface area contributed by atoms with Crippen LogP contribution in [0.25, 0.3) is 0 Å². The SMILES string of the molecule is COc1cc(CNCCCn2ccnc2)ccc1OCc1c(F)cccc1Cl.Cl. The molecular weight excluding hydrogens is 416 g/mol. The summed E-state index contributed by atoms with van der Waals surface area (Å²) in [5, 5.41) is 3.75. The van der Waals surface area contributed by atoms with E-state index in [9.17, 15) is 4.39 Å². The second-order valence-electron chi connectivity index (χ2n) is 6.30. The van der Waals surface area contributed by atoms with Gasteiger partial charge in [0.2, 0.25) is 0 Å². The number of ether oxygens (including phenoxy) is 2. The quantitative estimate of drug-likeness (QED) is 0.458. The summed E-state index contributed by atoms with van der Waals surface area (Å²) in [5.74, 6) is 0.763. The summed E-state index contributed by atoms with van der Waals surface area (Å²) in [6, 6.07) is 10.3. The third-order valence-electron chi connectivity index (χ3n) is 4.32. The van der Waals surface area contributed by atoms with Crippen molar-refractivity contribution < 1.29 is 13.9 Å². The van der Waals surface area contributed by atoms with Crippen LogP contribution < -0.4 is 14.8 Å². The van der Waals surface area contributed by atoms with Crippen LogP contribution in [0.2, 0.25) is 5.02 Å². The van der Waals surface area contributed by atoms with Crippen molar-refractivity contribution in [3.8, 4) is 11.5 Å². The molecule has 0 aliphatic heterocycles. The Kier molecular flexibility index (Phi) is 9.25. The second kappa shape index (κ2) is 11.7. The van der Waals surface area contributed by atoms with Gasteiger partial charge in [-0.3, -0.25) is 0 Å². The van der Waals surface area contributed by atoms with Gasteiger partial charge in [-0.2, -0.15) is 0 Å². The smallest absolute Gasteiger partial charge is 0.161 e. The molecule has 0 bridgehead atoms. The molecule has 0 saturated carbocycles. The number of halogens is 3. The van der Waals surface area contributed by atoms with Crippen molar-refractivity contribution in [2.45, 2.75) is 26.1 Å². The standard InChI is InChI=1S/C21H23ClFN3O2.ClH/c1-27-21-12-16(13-24-8-3-10-26-11-9-25-15-26)6-7-20(21)28-14-17-18(22)4-2-5-19(17)23;/h2,4-7,9,11-12,15,24H,3,8,10,13-14H2,1H3;1H. The van der Waals surface area contributed by atoms with Crippen molar-refractivity contribution in [3.05, 3.63) is 77.1 Å². The molecule has 1 N–H and O–H groups in total. The van der Waals surface area contributed by atoms with Crippen LogP contribution >= 0.6 is 24.0 Å². The fraction of sp³-hybridized carbons (Fsp3) is 0.286. The number of nitrogens with one attached hydrogen (secondary N) is 1. The van der Waals surface area contributed by atoms with E-state index in [1.54, 1.807) is 25.4 Å². The molecule has 0 unspecified atom stereocenters. The Morgan fingerprint density at radius 3 is 2.79 bits per heavy atom. The maximum atomic E-state index is 13.9. The van der Waals surface area contributed by atoms with Crippen LogP contribution in [0, 0.1) is 5.82 Å². The lowest BCUT2D eigenvalue weighted by atomic mass is 10.2. The molecular formula is C21H24Cl2FN3O2.